The molecule has 0 spiro atoms. The van der Waals surface area contributed by atoms with E-state index in [-0.39, 0.29) is 0 Å². The number of aliphatic hydroxyl groups is 1. The van der Waals surface area contributed by atoms with Crippen molar-refractivity contribution >= 4 is 0 Å². The normalized spacial score (nSPS) is 32.9. The lowest BCUT2D eigenvalue weighted by Crippen LogP contribution is -2.47. The molecule has 0 aromatic carbocycles. The van der Waals surface area contributed by atoms with Gasteiger partial charge in [0.1, 0.15) is 0 Å². The van der Waals surface area contributed by atoms with Gasteiger partial charge in [-0.3, -0.25) is 0 Å². The maximum Gasteiger partial charge on any atom is 0.0772 e. The van der Waals surface area contributed by atoms with Crippen LogP contribution in [0.3, 0.4) is 0 Å². The standard InChI is InChI=1S/C19H37NO/c1-15(2)16-6-5-7-17(9-8-16)20-14-19(21)12-10-18(3,4)11-13-19/h15-17,20-21H,5-14H2,1-4H3. The Kier molecular flexibility index (Phi) is 5.76. The van der Waals surface area contributed by atoms with Crippen LogP contribution in [0.25, 0.3) is 0 Å². The molecule has 2 N–H and O–H groups in total. The highest BCUT2D eigenvalue weighted by Crippen LogP contribution is 2.40. The Morgan fingerprint density at radius 1 is 1.00 bits per heavy atom. The molecule has 0 aliphatic heterocycles. The maximum absolute atomic E-state index is 10.8. The van der Waals surface area contributed by atoms with Gasteiger partial charge < -0.3 is 10.4 Å². The van der Waals surface area contributed by atoms with E-state index in [1.807, 2.05) is 0 Å². The molecule has 2 nitrogen and oxygen atoms in total. The maximum atomic E-state index is 10.8. The highest BCUT2D eigenvalue weighted by atomic mass is 16.3. The minimum atomic E-state index is -0.445. The van der Waals surface area contributed by atoms with Gasteiger partial charge in [0.25, 0.3) is 0 Å². The van der Waals surface area contributed by atoms with Gasteiger partial charge in [0, 0.05) is 12.6 Å². The van der Waals surface area contributed by atoms with Crippen LogP contribution in [0.2, 0.25) is 0 Å². The van der Waals surface area contributed by atoms with Crippen molar-refractivity contribution in [1.29, 1.82) is 0 Å². The molecule has 0 aromatic heterocycles. The van der Waals surface area contributed by atoms with E-state index < -0.39 is 5.60 Å². The summed E-state index contributed by atoms with van der Waals surface area (Å²) in [5.74, 6) is 1.74. The van der Waals surface area contributed by atoms with E-state index in [0.717, 1.165) is 44.1 Å². The van der Waals surface area contributed by atoms with Crippen molar-refractivity contribution in [3.8, 4) is 0 Å². The van der Waals surface area contributed by atoms with Crippen LogP contribution in [0.5, 0.6) is 0 Å². The molecule has 2 unspecified atom stereocenters. The Labute approximate surface area is 132 Å². The number of rotatable bonds is 4. The highest BCUT2D eigenvalue weighted by molar-refractivity contribution is 4.91. The number of hydrogen-bond acceptors (Lipinski definition) is 2. The van der Waals surface area contributed by atoms with Gasteiger partial charge in [0.2, 0.25) is 0 Å². The van der Waals surface area contributed by atoms with Crippen LogP contribution in [-0.2, 0) is 0 Å². The van der Waals surface area contributed by atoms with Gasteiger partial charge in [-0.15, -0.1) is 0 Å². The molecule has 0 amide bonds. The molecule has 0 aromatic rings. The molecule has 0 heterocycles. The molecule has 2 fully saturated rings. The Morgan fingerprint density at radius 3 is 2.29 bits per heavy atom. The molecule has 0 bridgehead atoms. The van der Waals surface area contributed by atoms with Gasteiger partial charge in [-0.05, 0) is 62.2 Å². The summed E-state index contributed by atoms with van der Waals surface area (Å²) in [4.78, 5) is 0. The van der Waals surface area contributed by atoms with Crippen molar-refractivity contribution in [2.24, 2.45) is 17.3 Å². The first-order valence-electron chi connectivity index (χ1n) is 9.25. The highest BCUT2D eigenvalue weighted by Gasteiger charge is 2.36. The summed E-state index contributed by atoms with van der Waals surface area (Å²) in [6.07, 6.45) is 11.0. The zero-order valence-corrected chi connectivity index (χ0v) is 14.8. The second-order valence-corrected chi connectivity index (χ2v) is 8.98. The smallest absolute Gasteiger partial charge is 0.0772 e. The summed E-state index contributed by atoms with van der Waals surface area (Å²) in [6.45, 7) is 10.2. The van der Waals surface area contributed by atoms with Crippen molar-refractivity contribution in [3.05, 3.63) is 0 Å². The fourth-order valence-corrected chi connectivity index (χ4v) is 4.10. The van der Waals surface area contributed by atoms with E-state index in [0.29, 0.717) is 11.5 Å². The lowest BCUT2D eigenvalue weighted by molar-refractivity contribution is -0.0263. The van der Waals surface area contributed by atoms with E-state index in [9.17, 15) is 5.11 Å². The van der Waals surface area contributed by atoms with Crippen LogP contribution < -0.4 is 5.32 Å². The fourth-order valence-electron chi connectivity index (χ4n) is 4.10. The summed E-state index contributed by atoms with van der Waals surface area (Å²) in [5.41, 5.74) is -0.0156. The summed E-state index contributed by atoms with van der Waals surface area (Å²) in [5, 5.41) is 14.5. The third-order valence-corrected chi connectivity index (χ3v) is 6.21. The van der Waals surface area contributed by atoms with Crippen molar-refractivity contribution in [3.63, 3.8) is 0 Å². The third-order valence-electron chi connectivity index (χ3n) is 6.21. The Morgan fingerprint density at radius 2 is 1.67 bits per heavy atom. The lowest BCUT2D eigenvalue weighted by Gasteiger charge is -2.41. The van der Waals surface area contributed by atoms with Gasteiger partial charge in [0.15, 0.2) is 0 Å². The van der Waals surface area contributed by atoms with E-state index >= 15 is 0 Å². The van der Waals surface area contributed by atoms with Gasteiger partial charge in [-0.2, -0.15) is 0 Å². The van der Waals surface area contributed by atoms with Crippen LogP contribution in [0, 0.1) is 17.3 Å². The van der Waals surface area contributed by atoms with Crippen LogP contribution in [0.1, 0.15) is 85.5 Å². The molecule has 2 heteroatoms. The predicted octanol–water partition coefficient (Wildman–Crippen LogP) is 4.51. The van der Waals surface area contributed by atoms with Crippen molar-refractivity contribution in [2.45, 2.75) is 97.1 Å². The average molecular weight is 296 g/mol. The molecule has 21 heavy (non-hydrogen) atoms. The van der Waals surface area contributed by atoms with Crippen molar-refractivity contribution in [2.75, 3.05) is 6.54 Å². The summed E-state index contributed by atoms with van der Waals surface area (Å²) in [6, 6.07) is 0.632. The molecule has 0 radical (unpaired) electrons. The van der Waals surface area contributed by atoms with Gasteiger partial charge in [-0.1, -0.05) is 40.5 Å². The molecule has 2 rings (SSSR count). The zero-order valence-electron chi connectivity index (χ0n) is 14.8. The minimum Gasteiger partial charge on any atom is -0.389 e. The Balaban J connectivity index is 1.75. The van der Waals surface area contributed by atoms with Gasteiger partial charge >= 0.3 is 0 Å². The second kappa shape index (κ2) is 7.00. The molecule has 2 saturated carbocycles. The van der Waals surface area contributed by atoms with E-state index in [1.54, 1.807) is 0 Å². The molecule has 124 valence electrons. The van der Waals surface area contributed by atoms with E-state index in [2.05, 4.69) is 33.0 Å². The second-order valence-electron chi connectivity index (χ2n) is 8.98. The summed E-state index contributed by atoms with van der Waals surface area (Å²) in [7, 11) is 0. The average Bonchev–Trinajstić information content (AvgIpc) is 2.66. The summed E-state index contributed by atoms with van der Waals surface area (Å²) >= 11 is 0. The molecule has 2 aliphatic rings. The first-order valence-corrected chi connectivity index (χ1v) is 9.25. The molecular weight excluding hydrogens is 258 g/mol. The van der Waals surface area contributed by atoms with Crippen LogP contribution in [0.4, 0.5) is 0 Å². The van der Waals surface area contributed by atoms with Crippen molar-refractivity contribution < 1.29 is 5.11 Å². The molecule has 2 aliphatic carbocycles. The van der Waals surface area contributed by atoms with Crippen molar-refractivity contribution in [1.82, 2.24) is 5.32 Å². The predicted molar refractivity (Wildman–Crippen MR) is 90.4 cm³/mol. The fraction of sp³-hybridized carbons (Fsp3) is 1.00. The SMILES string of the molecule is CC(C)C1CCCC(NCC2(O)CCC(C)(C)CC2)CC1. The minimum absolute atomic E-state index is 0.430. The Bertz CT molecular complexity index is 314. The van der Waals surface area contributed by atoms with E-state index in [1.165, 1.54) is 32.1 Å². The summed E-state index contributed by atoms with van der Waals surface area (Å²) < 4.78 is 0. The van der Waals surface area contributed by atoms with Crippen LogP contribution in [0.15, 0.2) is 0 Å². The first-order chi connectivity index (χ1) is 9.80. The van der Waals surface area contributed by atoms with Crippen LogP contribution in [-0.4, -0.2) is 23.3 Å². The molecule has 2 atom stereocenters. The monoisotopic (exact) mass is 295 g/mol. The Hall–Kier alpha value is -0.0800. The van der Waals surface area contributed by atoms with Gasteiger partial charge in [0.05, 0.1) is 5.60 Å². The molecule has 0 saturated heterocycles. The van der Waals surface area contributed by atoms with E-state index in [4.69, 9.17) is 0 Å². The number of hydrogen-bond donors (Lipinski definition) is 2. The lowest BCUT2D eigenvalue weighted by atomic mass is 9.71. The zero-order chi connectivity index (χ0) is 15.5. The first kappa shape index (κ1) is 17.3. The third kappa shape index (κ3) is 5.25. The van der Waals surface area contributed by atoms with Gasteiger partial charge in [-0.25, -0.2) is 0 Å². The quantitative estimate of drug-likeness (QED) is 0.748. The topological polar surface area (TPSA) is 32.3 Å². The largest absolute Gasteiger partial charge is 0.389 e. The molecular formula is C19H37NO. The number of nitrogens with one attached hydrogen (secondary N) is 1. The van der Waals surface area contributed by atoms with Crippen LogP contribution >= 0.6 is 0 Å².